The van der Waals surface area contributed by atoms with Gasteiger partial charge in [-0.15, -0.1) is 0 Å². The van der Waals surface area contributed by atoms with Gasteiger partial charge < -0.3 is 10.5 Å². The SMILES string of the molecule is CCOC(=O)CC(N)=N[C@@H](C)c1cccc(F)c1. The van der Waals surface area contributed by atoms with E-state index in [1.807, 2.05) is 0 Å². The molecule has 2 N–H and O–H groups in total. The van der Waals surface area contributed by atoms with E-state index < -0.39 is 5.97 Å². The lowest BCUT2D eigenvalue weighted by Crippen LogP contribution is -2.19. The number of aliphatic imine (C=N–C) groups is 1. The van der Waals surface area contributed by atoms with E-state index >= 15 is 0 Å². The van der Waals surface area contributed by atoms with Crippen molar-refractivity contribution in [3.8, 4) is 0 Å². The lowest BCUT2D eigenvalue weighted by atomic mass is 10.1. The quantitative estimate of drug-likeness (QED) is 0.496. The summed E-state index contributed by atoms with van der Waals surface area (Å²) in [5.74, 6) is -0.547. The number of ether oxygens (including phenoxy) is 1. The van der Waals surface area contributed by atoms with Crippen LogP contribution in [0.25, 0.3) is 0 Å². The van der Waals surface area contributed by atoms with Crippen molar-refractivity contribution < 1.29 is 13.9 Å². The molecule has 98 valence electrons. The van der Waals surface area contributed by atoms with E-state index in [1.165, 1.54) is 12.1 Å². The number of benzene rings is 1. The summed E-state index contributed by atoms with van der Waals surface area (Å²) in [6, 6.07) is 5.83. The van der Waals surface area contributed by atoms with Crippen LogP contribution in [0.2, 0.25) is 0 Å². The first kappa shape index (κ1) is 14.2. The van der Waals surface area contributed by atoms with Crippen LogP contribution in [0.1, 0.15) is 31.9 Å². The van der Waals surface area contributed by atoms with Crippen molar-refractivity contribution in [3.63, 3.8) is 0 Å². The van der Waals surface area contributed by atoms with Crippen LogP contribution in [0.4, 0.5) is 4.39 Å². The average Bonchev–Trinajstić information content (AvgIpc) is 2.28. The van der Waals surface area contributed by atoms with E-state index in [0.717, 1.165) is 0 Å². The molecule has 0 saturated heterocycles. The van der Waals surface area contributed by atoms with Crippen LogP contribution in [-0.4, -0.2) is 18.4 Å². The molecule has 1 aromatic carbocycles. The summed E-state index contributed by atoms with van der Waals surface area (Å²) in [6.45, 7) is 3.82. The third-order valence-corrected chi connectivity index (χ3v) is 2.32. The smallest absolute Gasteiger partial charge is 0.313 e. The van der Waals surface area contributed by atoms with Crippen LogP contribution in [0.5, 0.6) is 0 Å². The summed E-state index contributed by atoms with van der Waals surface area (Å²) in [5.41, 5.74) is 6.35. The number of hydrogen-bond acceptors (Lipinski definition) is 3. The number of carbonyl (C=O) groups excluding carboxylic acids is 1. The van der Waals surface area contributed by atoms with E-state index in [4.69, 9.17) is 10.5 Å². The van der Waals surface area contributed by atoms with Crippen LogP contribution >= 0.6 is 0 Å². The Morgan fingerprint density at radius 1 is 1.56 bits per heavy atom. The zero-order valence-corrected chi connectivity index (χ0v) is 10.5. The fourth-order valence-corrected chi connectivity index (χ4v) is 1.50. The molecule has 1 aromatic rings. The highest BCUT2D eigenvalue weighted by molar-refractivity contribution is 5.96. The molecule has 18 heavy (non-hydrogen) atoms. The van der Waals surface area contributed by atoms with Crippen molar-refractivity contribution in [3.05, 3.63) is 35.6 Å². The van der Waals surface area contributed by atoms with Gasteiger partial charge in [-0.3, -0.25) is 9.79 Å². The third kappa shape index (κ3) is 4.53. The van der Waals surface area contributed by atoms with Crippen LogP contribution in [-0.2, 0) is 9.53 Å². The van der Waals surface area contributed by atoms with Crippen LogP contribution in [0.3, 0.4) is 0 Å². The molecule has 0 radical (unpaired) electrons. The Balaban J connectivity index is 2.67. The number of carbonyl (C=O) groups is 1. The Labute approximate surface area is 106 Å². The number of nitrogens with zero attached hydrogens (tertiary/aromatic N) is 1. The van der Waals surface area contributed by atoms with Crippen molar-refractivity contribution >= 4 is 11.8 Å². The lowest BCUT2D eigenvalue weighted by molar-refractivity contribution is -0.141. The number of nitrogens with two attached hydrogens (primary N) is 1. The molecular formula is C13H17FN2O2. The van der Waals surface area contributed by atoms with Crippen LogP contribution < -0.4 is 5.73 Å². The van der Waals surface area contributed by atoms with E-state index in [1.54, 1.807) is 26.0 Å². The van der Waals surface area contributed by atoms with Gasteiger partial charge in [0, 0.05) is 0 Å². The molecule has 0 bridgehead atoms. The third-order valence-electron chi connectivity index (χ3n) is 2.32. The molecule has 0 aliphatic heterocycles. The molecule has 0 aromatic heterocycles. The lowest BCUT2D eigenvalue weighted by Gasteiger charge is -2.08. The zero-order chi connectivity index (χ0) is 13.5. The molecular weight excluding hydrogens is 235 g/mol. The Hall–Kier alpha value is -1.91. The highest BCUT2D eigenvalue weighted by Gasteiger charge is 2.08. The van der Waals surface area contributed by atoms with Gasteiger partial charge in [0.2, 0.25) is 0 Å². The minimum Gasteiger partial charge on any atom is -0.466 e. The van der Waals surface area contributed by atoms with Crippen LogP contribution in [0, 0.1) is 5.82 Å². The molecule has 0 heterocycles. The summed E-state index contributed by atoms with van der Waals surface area (Å²) in [4.78, 5) is 15.3. The number of halogens is 1. The first-order chi connectivity index (χ1) is 8.52. The van der Waals surface area contributed by atoms with E-state index in [9.17, 15) is 9.18 Å². The zero-order valence-electron chi connectivity index (χ0n) is 10.5. The van der Waals surface area contributed by atoms with Gasteiger partial charge in [0.15, 0.2) is 0 Å². The molecule has 0 spiro atoms. The van der Waals surface area contributed by atoms with Gasteiger partial charge in [-0.1, -0.05) is 12.1 Å². The predicted molar refractivity (Wildman–Crippen MR) is 67.7 cm³/mol. The maximum atomic E-state index is 13.0. The Morgan fingerprint density at radius 3 is 2.89 bits per heavy atom. The first-order valence-electron chi connectivity index (χ1n) is 5.76. The molecule has 4 nitrogen and oxygen atoms in total. The summed E-state index contributed by atoms with van der Waals surface area (Å²) in [7, 11) is 0. The maximum Gasteiger partial charge on any atom is 0.313 e. The van der Waals surface area contributed by atoms with Gasteiger partial charge in [0.05, 0.1) is 12.6 Å². The summed E-state index contributed by atoms with van der Waals surface area (Å²) < 4.78 is 17.8. The van der Waals surface area contributed by atoms with E-state index in [2.05, 4.69) is 4.99 Å². The Morgan fingerprint density at radius 2 is 2.28 bits per heavy atom. The average molecular weight is 252 g/mol. The van der Waals surface area contributed by atoms with Gasteiger partial charge in [-0.25, -0.2) is 4.39 Å². The molecule has 0 aliphatic carbocycles. The van der Waals surface area contributed by atoms with Gasteiger partial charge in [-0.2, -0.15) is 0 Å². The number of amidine groups is 1. The fraction of sp³-hybridized carbons (Fsp3) is 0.385. The van der Waals surface area contributed by atoms with E-state index in [-0.39, 0.29) is 24.1 Å². The van der Waals surface area contributed by atoms with Crippen molar-refractivity contribution in [1.29, 1.82) is 0 Å². The minimum absolute atomic E-state index is 0.0481. The normalized spacial score (nSPS) is 13.2. The molecule has 5 heteroatoms. The van der Waals surface area contributed by atoms with Gasteiger partial charge in [0.25, 0.3) is 0 Å². The molecule has 0 amide bonds. The Kier molecular flexibility index (Phi) is 5.30. The van der Waals surface area contributed by atoms with Crippen LogP contribution in [0.15, 0.2) is 29.3 Å². The van der Waals surface area contributed by atoms with Crippen molar-refractivity contribution in [1.82, 2.24) is 0 Å². The fourth-order valence-electron chi connectivity index (χ4n) is 1.50. The van der Waals surface area contributed by atoms with E-state index in [0.29, 0.717) is 12.2 Å². The molecule has 0 aliphatic rings. The maximum absolute atomic E-state index is 13.0. The molecule has 0 fully saturated rings. The minimum atomic E-state index is -0.412. The second-order valence-electron chi connectivity index (χ2n) is 3.83. The predicted octanol–water partition coefficient (Wildman–Crippen LogP) is 2.20. The number of esters is 1. The van der Waals surface area contributed by atoms with Crippen molar-refractivity contribution in [2.24, 2.45) is 10.7 Å². The number of hydrogen-bond donors (Lipinski definition) is 1. The second-order valence-corrected chi connectivity index (χ2v) is 3.83. The Bertz CT molecular complexity index is 446. The summed E-state index contributed by atoms with van der Waals surface area (Å²) >= 11 is 0. The topological polar surface area (TPSA) is 64.7 Å². The van der Waals surface area contributed by atoms with Gasteiger partial charge in [-0.05, 0) is 31.5 Å². The summed E-state index contributed by atoms with van der Waals surface area (Å²) in [6.07, 6.45) is -0.0481. The number of rotatable bonds is 5. The molecule has 1 atom stereocenters. The van der Waals surface area contributed by atoms with Crippen molar-refractivity contribution in [2.45, 2.75) is 26.3 Å². The van der Waals surface area contributed by atoms with Gasteiger partial charge in [0.1, 0.15) is 18.1 Å². The largest absolute Gasteiger partial charge is 0.466 e. The first-order valence-corrected chi connectivity index (χ1v) is 5.76. The molecule has 0 unspecified atom stereocenters. The molecule has 0 saturated carbocycles. The highest BCUT2D eigenvalue weighted by Crippen LogP contribution is 2.17. The standard InChI is InChI=1S/C13H17FN2O2/c1-3-18-13(17)8-12(15)16-9(2)10-5-4-6-11(14)7-10/h4-7,9H,3,8H2,1-2H3,(H2,15,16)/t9-/m0/s1. The summed E-state index contributed by atoms with van der Waals surface area (Å²) in [5, 5.41) is 0. The monoisotopic (exact) mass is 252 g/mol. The second kappa shape index (κ2) is 6.74. The molecule has 1 rings (SSSR count). The van der Waals surface area contributed by atoms with Crippen molar-refractivity contribution in [2.75, 3.05) is 6.61 Å². The highest BCUT2D eigenvalue weighted by atomic mass is 19.1. The van der Waals surface area contributed by atoms with Gasteiger partial charge >= 0.3 is 5.97 Å².